The highest BCUT2D eigenvalue weighted by atomic mass is 16.5. The van der Waals surface area contributed by atoms with Gasteiger partial charge in [-0.3, -0.25) is 4.79 Å². The molecule has 0 unspecified atom stereocenters. The summed E-state index contributed by atoms with van der Waals surface area (Å²) in [4.78, 5) is 10.6. The number of phenols is 1. The summed E-state index contributed by atoms with van der Waals surface area (Å²) in [5.41, 5.74) is 1.86. The Morgan fingerprint density at radius 3 is 2.47 bits per heavy atom. The van der Waals surface area contributed by atoms with E-state index in [0.29, 0.717) is 16.9 Å². The monoisotopic (exact) mass is 210 g/mol. The third kappa shape index (κ3) is 2.21. The highest BCUT2D eigenvalue weighted by Crippen LogP contribution is 2.32. The van der Waals surface area contributed by atoms with Crippen LogP contribution in [0.1, 0.15) is 16.7 Å². The molecule has 0 saturated carbocycles. The molecule has 0 amide bonds. The fraction of sp³-hybridized carbons (Fsp3) is 0.364. The summed E-state index contributed by atoms with van der Waals surface area (Å²) in [6.45, 7) is 3.55. The molecular weight excluding hydrogens is 196 g/mol. The van der Waals surface area contributed by atoms with Crippen molar-refractivity contribution in [3.63, 3.8) is 0 Å². The lowest BCUT2D eigenvalue weighted by atomic mass is 10.0. The molecule has 0 radical (unpaired) electrons. The molecule has 0 saturated heterocycles. The lowest BCUT2D eigenvalue weighted by Crippen LogP contribution is -2.03. The molecule has 0 aliphatic rings. The van der Waals surface area contributed by atoms with Gasteiger partial charge in [-0.25, -0.2) is 0 Å². The Labute approximate surface area is 88.1 Å². The van der Waals surface area contributed by atoms with Crippen LogP contribution < -0.4 is 4.74 Å². The highest BCUT2D eigenvalue weighted by Gasteiger charge is 2.14. The van der Waals surface area contributed by atoms with E-state index < -0.39 is 5.97 Å². The Kier molecular flexibility index (Phi) is 3.19. The molecule has 2 N–H and O–H groups in total. The smallest absolute Gasteiger partial charge is 0.307 e. The van der Waals surface area contributed by atoms with Crippen LogP contribution in [-0.2, 0) is 11.2 Å². The highest BCUT2D eigenvalue weighted by molar-refractivity contribution is 5.72. The van der Waals surface area contributed by atoms with Crippen LogP contribution in [0.3, 0.4) is 0 Å². The number of phenolic OH excluding ortho intramolecular Hbond substituents is 1. The van der Waals surface area contributed by atoms with E-state index in [9.17, 15) is 9.90 Å². The van der Waals surface area contributed by atoms with Crippen LogP contribution in [0, 0.1) is 13.8 Å². The van der Waals surface area contributed by atoms with E-state index in [0.717, 1.165) is 5.56 Å². The molecule has 0 aromatic heterocycles. The molecule has 4 nitrogen and oxygen atoms in total. The van der Waals surface area contributed by atoms with E-state index in [4.69, 9.17) is 9.84 Å². The van der Waals surface area contributed by atoms with E-state index in [1.807, 2.05) is 6.92 Å². The third-order valence-electron chi connectivity index (χ3n) is 2.46. The first-order valence-corrected chi connectivity index (χ1v) is 4.55. The average molecular weight is 210 g/mol. The minimum atomic E-state index is -0.976. The van der Waals surface area contributed by atoms with Crippen molar-refractivity contribution >= 4 is 5.97 Å². The first-order chi connectivity index (χ1) is 6.97. The number of hydrogen-bond donors (Lipinski definition) is 2. The molecule has 0 bridgehead atoms. The number of benzene rings is 1. The van der Waals surface area contributed by atoms with E-state index >= 15 is 0 Å². The van der Waals surface area contributed by atoms with Gasteiger partial charge in [0.15, 0.2) is 0 Å². The number of hydrogen-bond acceptors (Lipinski definition) is 3. The molecule has 15 heavy (non-hydrogen) atoms. The number of rotatable bonds is 3. The predicted octanol–water partition coefficient (Wildman–Crippen LogP) is 1.64. The standard InChI is InChI=1S/C11H14O4/c1-6-7(2)11(14)8(5-10(12)13)4-9(6)15-3/h4,14H,5H2,1-3H3,(H,12,13). The first-order valence-electron chi connectivity index (χ1n) is 4.55. The third-order valence-corrected chi connectivity index (χ3v) is 2.46. The molecule has 82 valence electrons. The molecule has 1 aromatic rings. The van der Waals surface area contributed by atoms with Gasteiger partial charge in [0.1, 0.15) is 11.5 Å². The second-order valence-electron chi connectivity index (χ2n) is 3.41. The first kappa shape index (κ1) is 11.4. The molecule has 0 aliphatic heterocycles. The fourth-order valence-electron chi connectivity index (χ4n) is 1.45. The maximum Gasteiger partial charge on any atom is 0.307 e. The van der Waals surface area contributed by atoms with Gasteiger partial charge in [-0.05, 0) is 31.0 Å². The number of aromatic hydroxyl groups is 1. The molecule has 1 rings (SSSR count). The summed E-state index contributed by atoms with van der Waals surface area (Å²) >= 11 is 0. The largest absolute Gasteiger partial charge is 0.507 e. The van der Waals surface area contributed by atoms with Gasteiger partial charge in [-0.1, -0.05) is 0 Å². The maximum absolute atomic E-state index is 10.6. The summed E-state index contributed by atoms with van der Waals surface area (Å²) in [5, 5.41) is 18.4. The Bertz CT molecular complexity index is 396. The van der Waals surface area contributed by atoms with E-state index in [-0.39, 0.29) is 12.2 Å². The van der Waals surface area contributed by atoms with Crippen molar-refractivity contribution in [1.29, 1.82) is 0 Å². The lowest BCUT2D eigenvalue weighted by Gasteiger charge is -2.12. The molecule has 0 spiro atoms. The zero-order valence-corrected chi connectivity index (χ0v) is 9.00. The summed E-state index contributed by atoms with van der Waals surface area (Å²) in [6, 6.07) is 1.56. The van der Waals surface area contributed by atoms with E-state index in [1.54, 1.807) is 13.0 Å². The quantitative estimate of drug-likeness (QED) is 0.796. The van der Waals surface area contributed by atoms with Crippen molar-refractivity contribution < 1.29 is 19.7 Å². The van der Waals surface area contributed by atoms with Crippen LogP contribution in [0.2, 0.25) is 0 Å². The zero-order chi connectivity index (χ0) is 11.6. The molecule has 0 aliphatic carbocycles. The second kappa shape index (κ2) is 4.21. The van der Waals surface area contributed by atoms with Gasteiger partial charge in [-0.15, -0.1) is 0 Å². The summed E-state index contributed by atoms with van der Waals surface area (Å²) in [5.74, 6) is -0.340. The fourth-order valence-corrected chi connectivity index (χ4v) is 1.45. The van der Waals surface area contributed by atoms with Crippen molar-refractivity contribution in [2.24, 2.45) is 0 Å². The SMILES string of the molecule is COc1cc(CC(=O)O)c(O)c(C)c1C. The van der Waals surface area contributed by atoms with Crippen LogP contribution in [0.5, 0.6) is 11.5 Å². The minimum Gasteiger partial charge on any atom is -0.507 e. The zero-order valence-electron chi connectivity index (χ0n) is 9.00. The molecule has 0 heterocycles. The van der Waals surface area contributed by atoms with Gasteiger partial charge < -0.3 is 14.9 Å². The Hall–Kier alpha value is -1.71. The van der Waals surface area contributed by atoms with Gasteiger partial charge in [0.05, 0.1) is 13.5 Å². The van der Waals surface area contributed by atoms with Crippen molar-refractivity contribution in [3.8, 4) is 11.5 Å². The number of carboxylic acids is 1. The number of carboxylic acid groups (broad SMARTS) is 1. The van der Waals surface area contributed by atoms with Crippen LogP contribution >= 0.6 is 0 Å². The maximum atomic E-state index is 10.6. The van der Waals surface area contributed by atoms with Crippen molar-refractivity contribution in [2.75, 3.05) is 7.11 Å². The Balaban J connectivity index is 3.28. The van der Waals surface area contributed by atoms with Crippen LogP contribution in [0.15, 0.2) is 6.07 Å². The van der Waals surface area contributed by atoms with Crippen LogP contribution in [0.25, 0.3) is 0 Å². The average Bonchev–Trinajstić information content (AvgIpc) is 2.18. The Morgan fingerprint density at radius 2 is 2.00 bits per heavy atom. The topological polar surface area (TPSA) is 66.8 Å². The summed E-state index contributed by atoms with van der Waals surface area (Å²) in [6.07, 6.45) is -0.205. The predicted molar refractivity (Wildman–Crippen MR) is 55.5 cm³/mol. The molecule has 0 fully saturated rings. The Morgan fingerprint density at radius 1 is 1.40 bits per heavy atom. The normalized spacial score (nSPS) is 10.1. The van der Waals surface area contributed by atoms with E-state index in [2.05, 4.69) is 0 Å². The van der Waals surface area contributed by atoms with Crippen molar-refractivity contribution in [1.82, 2.24) is 0 Å². The molecular formula is C11H14O4. The molecule has 0 atom stereocenters. The van der Waals surface area contributed by atoms with Gasteiger partial charge >= 0.3 is 5.97 Å². The molecule has 4 heteroatoms. The summed E-state index contributed by atoms with van der Waals surface area (Å²) < 4.78 is 5.10. The second-order valence-corrected chi connectivity index (χ2v) is 3.41. The molecule has 1 aromatic carbocycles. The van der Waals surface area contributed by atoms with Crippen LogP contribution in [0.4, 0.5) is 0 Å². The number of aliphatic carboxylic acids is 1. The minimum absolute atomic E-state index is 0.0377. The lowest BCUT2D eigenvalue weighted by molar-refractivity contribution is -0.136. The van der Waals surface area contributed by atoms with Gasteiger partial charge in [-0.2, -0.15) is 0 Å². The van der Waals surface area contributed by atoms with E-state index in [1.165, 1.54) is 7.11 Å². The van der Waals surface area contributed by atoms with Gasteiger partial charge in [0, 0.05) is 5.56 Å². The van der Waals surface area contributed by atoms with Gasteiger partial charge in [0.25, 0.3) is 0 Å². The number of carbonyl (C=O) groups is 1. The van der Waals surface area contributed by atoms with Crippen molar-refractivity contribution in [2.45, 2.75) is 20.3 Å². The number of ether oxygens (including phenoxy) is 1. The van der Waals surface area contributed by atoms with Crippen LogP contribution in [-0.4, -0.2) is 23.3 Å². The summed E-state index contributed by atoms with van der Waals surface area (Å²) in [7, 11) is 1.52. The van der Waals surface area contributed by atoms with Gasteiger partial charge in [0.2, 0.25) is 0 Å². The van der Waals surface area contributed by atoms with Crippen molar-refractivity contribution in [3.05, 3.63) is 22.8 Å². The number of methoxy groups -OCH3 is 1.